The van der Waals surface area contributed by atoms with Crippen LogP contribution in [0.15, 0.2) is 24.3 Å². The number of hydrogen-bond donors (Lipinski definition) is 3. The van der Waals surface area contributed by atoms with E-state index in [4.69, 9.17) is 5.11 Å². The SMILES string of the molecule is O=CNCC(=O)c1ccc(CNC(=O)O)cc1. The molecule has 0 unspecified atom stereocenters. The van der Waals surface area contributed by atoms with Crippen molar-refractivity contribution in [3.05, 3.63) is 35.4 Å². The molecule has 90 valence electrons. The Morgan fingerprint density at radius 2 is 1.88 bits per heavy atom. The normalized spacial score (nSPS) is 9.41. The van der Waals surface area contributed by atoms with Crippen LogP contribution in [-0.2, 0) is 11.3 Å². The van der Waals surface area contributed by atoms with Crippen molar-refractivity contribution in [2.75, 3.05) is 6.54 Å². The first kappa shape index (κ1) is 12.7. The highest BCUT2D eigenvalue weighted by molar-refractivity contribution is 5.98. The topological polar surface area (TPSA) is 95.5 Å². The van der Waals surface area contributed by atoms with Gasteiger partial charge in [0, 0.05) is 12.1 Å². The fraction of sp³-hybridized carbons (Fsp3) is 0.182. The zero-order valence-electron chi connectivity index (χ0n) is 8.97. The van der Waals surface area contributed by atoms with Crippen LogP contribution in [0.5, 0.6) is 0 Å². The quantitative estimate of drug-likeness (QED) is 0.491. The van der Waals surface area contributed by atoms with E-state index < -0.39 is 6.09 Å². The van der Waals surface area contributed by atoms with Crippen LogP contribution < -0.4 is 10.6 Å². The van der Waals surface area contributed by atoms with Crippen LogP contribution in [0, 0.1) is 0 Å². The van der Waals surface area contributed by atoms with Gasteiger partial charge in [-0.25, -0.2) is 4.79 Å². The number of amides is 2. The Balaban J connectivity index is 2.57. The summed E-state index contributed by atoms with van der Waals surface area (Å²) in [5.74, 6) is -0.199. The molecule has 0 spiro atoms. The third kappa shape index (κ3) is 4.33. The van der Waals surface area contributed by atoms with Crippen molar-refractivity contribution in [1.29, 1.82) is 0 Å². The fourth-order valence-corrected chi connectivity index (χ4v) is 1.22. The lowest BCUT2D eigenvalue weighted by atomic mass is 10.1. The van der Waals surface area contributed by atoms with Gasteiger partial charge < -0.3 is 15.7 Å². The Labute approximate surface area is 97.6 Å². The van der Waals surface area contributed by atoms with Gasteiger partial charge in [0.2, 0.25) is 6.41 Å². The molecule has 0 fully saturated rings. The summed E-state index contributed by atoms with van der Waals surface area (Å²) in [4.78, 5) is 31.7. The van der Waals surface area contributed by atoms with E-state index in [1.54, 1.807) is 24.3 Å². The predicted octanol–water partition coefficient (Wildman–Crippen LogP) is 0.383. The number of rotatable bonds is 6. The van der Waals surface area contributed by atoms with Gasteiger partial charge >= 0.3 is 6.09 Å². The third-order valence-electron chi connectivity index (χ3n) is 2.07. The van der Waals surface area contributed by atoms with Gasteiger partial charge in [-0.3, -0.25) is 9.59 Å². The second-order valence-electron chi connectivity index (χ2n) is 3.28. The highest BCUT2D eigenvalue weighted by atomic mass is 16.4. The summed E-state index contributed by atoms with van der Waals surface area (Å²) in [5.41, 5.74) is 1.23. The average molecular weight is 236 g/mol. The van der Waals surface area contributed by atoms with Crippen molar-refractivity contribution in [3.8, 4) is 0 Å². The van der Waals surface area contributed by atoms with E-state index in [2.05, 4.69) is 10.6 Å². The highest BCUT2D eigenvalue weighted by Crippen LogP contribution is 2.04. The summed E-state index contributed by atoms with van der Waals surface area (Å²) < 4.78 is 0. The van der Waals surface area contributed by atoms with Gasteiger partial charge in [0.05, 0.1) is 6.54 Å². The maximum atomic E-state index is 11.4. The van der Waals surface area contributed by atoms with Gasteiger partial charge in [-0.15, -0.1) is 0 Å². The molecule has 0 radical (unpaired) electrons. The van der Waals surface area contributed by atoms with Crippen molar-refractivity contribution in [2.24, 2.45) is 0 Å². The molecule has 3 N–H and O–H groups in total. The van der Waals surface area contributed by atoms with Crippen molar-refractivity contribution >= 4 is 18.3 Å². The molecule has 0 aromatic heterocycles. The molecule has 0 saturated heterocycles. The van der Waals surface area contributed by atoms with Gasteiger partial charge in [-0.1, -0.05) is 24.3 Å². The van der Waals surface area contributed by atoms with E-state index in [0.29, 0.717) is 12.0 Å². The third-order valence-corrected chi connectivity index (χ3v) is 2.07. The maximum Gasteiger partial charge on any atom is 0.404 e. The van der Waals surface area contributed by atoms with Gasteiger partial charge in [0.1, 0.15) is 0 Å². The van der Waals surface area contributed by atoms with Crippen molar-refractivity contribution in [1.82, 2.24) is 10.6 Å². The highest BCUT2D eigenvalue weighted by Gasteiger charge is 2.04. The van der Waals surface area contributed by atoms with Gasteiger partial charge in [0.15, 0.2) is 5.78 Å². The van der Waals surface area contributed by atoms with Crippen LogP contribution in [-0.4, -0.2) is 29.9 Å². The minimum Gasteiger partial charge on any atom is -0.465 e. The Bertz CT molecular complexity index is 414. The lowest BCUT2D eigenvalue weighted by Gasteiger charge is -2.03. The van der Waals surface area contributed by atoms with Crippen LogP contribution in [0.1, 0.15) is 15.9 Å². The zero-order valence-corrected chi connectivity index (χ0v) is 8.97. The average Bonchev–Trinajstić information content (AvgIpc) is 2.34. The standard InChI is InChI=1S/C11H12N2O4/c14-7-12-6-10(15)9-3-1-8(2-4-9)5-13-11(16)17/h1-4,7,13H,5-6H2,(H,12,14)(H,16,17). The molecule has 0 heterocycles. The Hall–Kier alpha value is -2.37. The number of carbonyl (C=O) groups is 3. The molecule has 1 aromatic rings. The second-order valence-corrected chi connectivity index (χ2v) is 3.28. The summed E-state index contributed by atoms with van der Waals surface area (Å²) in [7, 11) is 0. The van der Waals surface area contributed by atoms with E-state index in [1.165, 1.54) is 0 Å². The molecule has 1 rings (SSSR count). The number of ketones is 1. The van der Waals surface area contributed by atoms with Crippen LogP contribution in [0.3, 0.4) is 0 Å². The van der Waals surface area contributed by atoms with E-state index >= 15 is 0 Å². The van der Waals surface area contributed by atoms with Crippen molar-refractivity contribution in [3.63, 3.8) is 0 Å². The second kappa shape index (κ2) is 6.26. The number of nitrogens with one attached hydrogen (secondary N) is 2. The number of benzene rings is 1. The molecular formula is C11H12N2O4. The lowest BCUT2D eigenvalue weighted by Crippen LogP contribution is -2.21. The minimum atomic E-state index is -1.10. The Morgan fingerprint density at radius 3 is 2.41 bits per heavy atom. The molecule has 6 nitrogen and oxygen atoms in total. The molecule has 2 amide bonds. The summed E-state index contributed by atoms with van der Waals surface area (Å²) in [6, 6.07) is 6.50. The largest absolute Gasteiger partial charge is 0.465 e. The van der Waals surface area contributed by atoms with E-state index in [-0.39, 0.29) is 18.9 Å². The molecule has 0 bridgehead atoms. The lowest BCUT2D eigenvalue weighted by molar-refractivity contribution is -0.109. The van der Waals surface area contributed by atoms with E-state index in [1.807, 2.05) is 0 Å². The molecule has 0 saturated carbocycles. The van der Waals surface area contributed by atoms with Crippen LogP contribution >= 0.6 is 0 Å². The molecule has 6 heteroatoms. The first-order valence-electron chi connectivity index (χ1n) is 4.89. The van der Waals surface area contributed by atoms with Gasteiger partial charge in [0.25, 0.3) is 0 Å². The van der Waals surface area contributed by atoms with Gasteiger partial charge in [-0.05, 0) is 5.56 Å². The summed E-state index contributed by atoms with van der Waals surface area (Å²) >= 11 is 0. The molecular weight excluding hydrogens is 224 g/mol. The first-order chi connectivity index (χ1) is 8.13. The smallest absolute Gasteiger partial charge is 0.404 e. The molecule has 0 aliphatic rings. The molecule has 1 aromatic carbocycles. The van der Waals surface area contributed by atoms with E-state index in [0.717, 1.165) is 5.56 Å². The summed E-state index contributed by atoms with van der Waals surface area (Å²) in [5, 5.41) is 12.9. The minimum absolute atomic E-state index is 0.0454. The summed E-state index contributed by atoms with van der Waals surface area (Å²) in [6.45, 7) is 0.145. The van der Waals surface area contributed by atoms with Crippen molar-refractivity contribution in [2.45, 2.75) is 6.54 Å². The Morgan fingerprint density at radius 1 is 1.24 bits per heavy atom. The predicted molar refractivity (Wildman–Crippen MR) is 59.7 cm³/mol. The number of carboxylic acid groups (broad SMARTS) is 1. The Kier molecular flexibility index (Phi) is 4.68. The van der Waals surface area contributed by atoms with Crippen LogP contribution in [0.25, 0.3) is 0 Å². The monoisotopic (exact) mass is 236 g/mol. The van der Waals surface area contributed by atoms with Crippen LogP contribution in [0.2, 0.25) is 0 Å². The fourth-order valence-electron chi connectivity index (χ4n) is 1.22. The number of Topliss-reactive ketones (excluding diaryl/α,β-unsaturated/α-hetero) is 1. The molecule has 0 aliphatic carbocycles. The molecule has 0 atom stereocenters. The number of hydrogen-bond acceptors (Lipinski definition) is 3. The summed E-state index contributed by atoms with van der Waals surface area (Å²) in [6.07, 6.45) is -0.636. The van der Waals surface area contributed by atoms with Crippen molar-refractivity contribution < 1.29 is 19.5 Å². The first-order valence-corrected chi connectivity index (χ1v) is 4.89. The molecule has 0 aliphatic heterocycles. The van der Waals surface area contributed by atoms with E-state index in [9.17, 15) is 14.4 Å². The number of carbonyl (C=O) groups excluding carboxylic acids is 2. The zero-order chi connectivity index (χ0) is 12.7. The molecule has 17 heavy (non-hydrogen) atoms. The maximum absolute atomic E-state index is 11.4. The van der Waals surface area contributed by atoms with Crippen LogP contribution in [0.4, 0.5) is 4.79 Å². The van der Waals surface area contributed by atoms with Gasteiger partial charge in [-0.2, -0.15) is 0 Å².